The zero-order valence-electron chi connectivity index (χ0n) is 11.6. The minimum absolute atomic E-state index is 0.0983. The van der Waals surface area contributed by atoms with E-state index < -0.39 is 5.92 Å². The van der Waals surface area contributed by atoms with Crippen molar-refractivity contribution in [3.63, 3.8) is 0 Å². The van der Waals surface area contributed by atoms with Gasteiger partial charge in [0.2, 0.25) is 5.91 Å². The molecule has 19 heavy (non-hydrogen) atoms. The molecule has 1 atom stereocenters. The van der Waals surface area contributed by atoms with Crippen LogP contribution in [0.4, 0.5) is 5.69 Å². The first kappa shape index (κ1) is 15.4. The number of methoxy groups -OCH3 is 1. The molecule has 0 fully saturated rings. The van der Waals surface area contributed by atoms with Gasteiger partial charge in [-0.3, -0.25) is 4.79 Å². The lowest BCUT2D eigenvalue weighted by Gasteiger charge is -2.24. The van der Waals surface area contributed by atoms with Gasteiger partial charge in [0.05, 0.1) is 23.7 Å². The summed E-state index contributed by atoms with van der Waals surface area (Å²) in [6, 6.07) is 7.36. The van der Waals surface area contributed by atoms with E-state index in [4.69, 9.17) is 22.7 Å². The van der Waals surface area contributed by atoms with Crippen LogP contribution < -0.4 is 15.4 Å². The SMILES string of the molecule is CCCC(C(=O)N(C)c1ccccc1OC)C(N)=S. The highest BCUT2D eigenvalue weighted by molar-refractivity contribution is 7.80. The number of carbonyl (C=O) groups excluding carboxylic acids is 1. The molecule has 0 aliphatic carbocycles. The van der Waals surface area contributed by atoms with Crippen LogP contribution >= 0.6 is 12.2 Å². The highest BCUT2D eigenvalue weighted by Crippen LogP contribution is 2.28. The second-order valence-corrected chi connectivity index (χ2v) is 4.78. The maximum atomic E-state index is 12.4. The molecule has 1 aromatic carbocycles. The van der Waals surface area contributed by atoms with E-state index in [1.54, 1.807) is 19.1 Å². The van der Waals surface area contributed by atoms with E-state index in [9.17, 15) is 4.79 Å². The van der Waals surface area contributed by atoms with Crippen LogP contribution in [0.3, 0.4) is 0 Å². The average Bonchev–Trinajstić information content (AvgIpc) is 2.42. The van der Waals surface area contributed by atoms with Crippen LogP contribution in [0.15, 0.2) is 24.3 Å². The first-order valence-electron chi connectivity index (χ1n) is 6.22. The Bertz CT molecular complexity index is 463. The number of hydrogen-bond donors (Lipinski definition) is 1. The molecule has 0 aliphatic rings. The minimum Gasteiger partial charge on any atom is -0.495 e. The molecule has 0 heterocycles. The first-order valence-corrected chi connectivity index (χ1v) is 6.63. The van der Waals surface area contributed by atoms with Crippen molar-refractivity contribution in [1.82, 2.24) is 0 Å². The Morgan fingerprint density at radius 2 is 2.11 bits per heavy atom. The average molecular weight is 280 g/mol. The summed E-state index contributed by atoms with van der Waals surface area (Å²) in [4.78, 5) is 14.2. The fourth-order valence-electron chi connectivity index (χ4n) is 1.94. The van der Waals surface area contributed by atoms with Gasteiger partial charge < -0.3 is 15.4 Å². The summed E-state index contributed by atoms with van der Waals surface area (Å²) >= 11 is 4.99. The Labute approximate surface area is 119 Å². The molecule has 1 rings (SSSR count). The van der Waals surface area contributed by atoms with Gasteiger partial charge in [0.25, 0.3) is 0 Å². The number of ether oxygens (including phenoxy) is 1. The zero-order valence-corrected chi connectivity index (χ0v) is 12.4. The van der Waals surface area contributed by atoms with Crippen molar-refractivity contribution in [3.05, 3.63) is 24.3 Å². The third-order valence-corrected chi connectivity index (χ3v) is 3.28. The van der Waals surface area contributed by atoms with Crippen LogP contribution in [0.5, 0.6) is 5.75 Å². The van der Waals surface area contributed by atoms with Crippen LogP contribution in [0, 0.1) is 5.92 Å². The molecule has 2 N–H and O–H groups in total. The van der Waals surface area contributed by atoms with E-state index in [1.807, 2.05) is 31.2 Å². The van der Waals surface area contributed by atoms with E-state index in [0.29, 0.717) is 17.9 Å². The quantitative estimate of drug-likeness (QED) is 0.813. The number of nitrogens with two attached hydrogens (primary N) is 1. The van der Waals surface area contributed by atoms with Gasteiger partial charge in [-0.05, 0) is 18.6 Å². The van der Waals surface area contributed by atoms with E-state index in [1.165, 1.54) is 0 Å². The molecule has 1 unspecified atom stereocenters. The molecular formula is C14H20N2O2S. The molecule has 1 amide bonds. The number of hydrogen-bond acceptors (Lipinski definition) is 3. The molecule has 1 aromatic rings. The predicted octanol–water partition coefficient (Wildman–Crippen LogP) is 2.36. The van der Waals surface area contributed by atoms with Crippen molar-refractivity contribution in [2.24, 2.45) is 11.7 Å². The molecule has 104 valence electrons. The Hall–Kier alpha value is -1.62. The number of nitrogens with zero attached hydrogens (tertiary/aromatic N) is 1. The van der Waals surface area contributed by atoms with E-state index in [-0.39, 0.29) is 10.9 Å². The number of anilines is 1. The second-order valence-electron chi connectivity index (χ2n) is 4.31. The maximum absolute atomic E-state index is 12.4. The molecule has 0 radical (unpaired) electrons. The van der Waals surface area contributed by atoms with E-state index >= 15 is 0 Å². The Balaban J connectivity index is 3.00. The Morgan fingerprint density at radius 3 is 2.63 bits per heavy atom. The molecule has 0 saturated heterocycles. The lowest BCUT2D eigenvalue weighted by atomic mass is 10.0. The fraction of sp³-hybridized carbons (Fsp3) is 0.429. The topological polar surface area (TPSA) is 55.6 Å². The largest absolute Gasteiger partial charge is 0.495 e. The van der Waals surface area contributed by atoms with Gasteiger partial charge in [0.15, 0.2) is 0 Å². The zero-order chi connectivity index (χ0) is 14.4. The molecule has 0 saturated carbocycles. The molecule has 0 bridgehead atoms. The van der Waals surface area contributed by atoms with Crippen LogP contribution in [0.2, 0.25) is 0 Å². The van der Waals surface area contributed by atoms with Crippen molar-refractivity contribution in [2.45, 2.75) is 19.8 Å². The lowest BCUT2D eigenvalue weighted by molar-refractivity contribution is -0.120. The normalized spacial score (nSPS) is 11.7. The maximum Gasteiger partial charge on any atom is 0.236 e. The molecule has 5 heteroatoms. The molecule has 0 aliphatic heterocycles. The van der Waals surface area contributed by atoms with Crippen molar-refractivity contribution >= 4 is 28.8 Å². The number of benzene rings is 1. The van der Waals surface area contributed by atoms with Crippen molar-refractivity contribution in [1.29, 1.82) is 0 Å². The highest BCUT2D eigenvalue weighted by atomic mass is 32.1. The summed E-state index contributed by atoms with van der Waals surface area (Å²) in [5.74, 6) is 0.130. The summed E-state index contributed by atoms with van der Waals surface area (Å²) < 4.78 is 5.26. The Kier molecular flexibility index (Phi) is 5.76. The van der Waals surface area contributed by atoms with Crippen LogP contribution in [0.1, 0.15) is 19.8 Å². The lowest BCUT2D eigenvalue weighted by Crippen LogP contribution is -2.39. The summed E-state index contributed by atoms with van der Waals surface area (Å²) in [5, 5.41) is 0. The van der Waals surface area contributed by atoms with Crippen molar-refractivity contribution in [2.75, 3.05) is 19.1 Å². The van der Waals surface area contributed by atoms with E-state index in [2.05, 4.69) is 0 Å². The van der Waals surface area contributed by atoms with Crippen LogP contribution in [-0.4, -0.2) is 25.1 Å². The predicted molar refractivity (Wildman–Crippen MR) is 81.6 cm³/mol. The standard InChI is InChI=1S/C14H20N2O2S/c1-4-7-10(13(15)19)14(17)16(2)11-8-5-6-9-12(11)18-3/h5-6,8-10H,4,7H2,1-3H3,(H2,15,19). The number of para-hydroxylation sites is 2. The first-order chi connectivity index (χ1) is 9.02. The number of rotatable bonds is 6. The van der Waals surface area contributed by atoms with Gasteiger partial charge in [-0.25, -0.2) is 0 Å². The van der Waals surface area contributed by atoms with Gasteiger partial charge >= 0.3 is 0 Å². The van der Waals surface area contributed by atoms with Gasteiger partial charge in [0, 0.05) is 7.05 Å². The summed E-state index contributed by atoms with van der Waals surface area (Å²) in [6.07, 6.45) is 1.52. The smallest absolute Gasteiger partial charge is 0.236 e. The monoisotopic (exact) mass is 280 g/mol. The van der Waals surface area contributed by atoms with Gasteiger partial charge in [0.1, 0.15) is 5.75 Å². The highest BCUT2D eigenvalue weighted by Gasteiger charge is 2.25. The fourth-order valence-corrected chi connectivity index (χ4v) is 2.15. The van der Waals surface area contributed by atoms with Gasteiger partial charge in [-0.15, -0.1) is 0 Å². The summed E-state index contributed by atoms with van der Waals surface area (Å²) in [5.41, 5.74) is 6.38. The third kappa shape index (κ3) is 3.67. The van der Waals surface area contributed by atoms with Crippen LogP contribution in [-0.2, 0) is 4.79 Å². The number of thiocarbonyl (C=S) groups is 1. The molecule has 0 spiro atoms. The second kappa shape index (κ2) is 7.09. The van der Waals surface area contributed by atoms with Gasteiger partial charge in [-0.2, -0.15) is 0 Å². The minimum atomic E-state index is -0.421. The molecule has 0 aromatic heterocycles. The Morgan fingerprint density at radius 1 is 1.47 bits per heavy atom. The summed E-state index contributed by atoms with van der Waals surface area (Å²) in [7, 11) is 3.29. The number of amides is 1. The van der Waals surface area contributed by atoms with Gasteiger partial charge in [-0.1, -0.05) is 37.7 Å². The summed E-state index contributed by atoms with van der Waals surface area (Å²) in [6.45, 7) is 2.00. The van der Waals surface area contributed by atoms with Crippen molar-refractivity contribution in [3.8, 4) is 5.75 Å². The molecular weight excluding hydrogens is 260 g/mol. The third-order valence-electron chi connectivity index (χ3n) is 3.00. The van der Waals surface area contributed by atoms with E-state index in [0.717, 1.165) is 6.42 Å². The van der Waals surface area contributed by atoms with Crippen LogP contribution in [0.25, 0.3) is 0 Å². The van der Waals surface area contributed by atoms with Crippen molar-refractivity contribution < 1.29 is 9.53 Å². The number of carbonyl (C=O) groups is 1. The molecule has 4 nitrogen and oxygen atoms in total.